The first-order valence-electron chi connectivity index (χ1n) is 4.73. The highest BCUT2D eigenvalue weighted by Gasteiger charge is 2.32. The summed E-state index contributed by atoms with van der Waals surface area (Å²) in [6, 6.07) is 12.2. The molecule has 0 N–H and O–H groups in total. The Hall–Kier alpha value is -1.79. The fraction of sp³-hybridized carbons (Fsp3) is 0.250. The van der Waals surface area contributed by atoms with Crippen molar-refractivity contribution in [3.8, 4) is 12.0 Å². The highest BCUT2D eigenvalue weighted by atomic mass is 16.5. The van der Waals surface area contributed by atoms with Gasteiger partial charge < -0.3 is 4.74 Å². The summed E-state index contributed by atoms with van der Waals surface area (Å²) in [4.78, 5) is 13.2. The van der Waals surface area contributed by atoms with Crippen molar-refractivity contribution in [2.24, 2.45) is 0 Å². The van der Waals surface area contributed by atoms with Gasteiger partial charge in [0.2, 0.25) is 0 Å². The van der Waals surface area contributed by atoms with Gasteiger partial charge in [-0.25, -0.2) is 4.90 Å². The Kier molecular flexibility index (Phi) is 2.70. The number of ether oxygens (including phenoxy) is 1. The standard InChI is InChI=1S/C12H11NO2/c1-2-8-13-9-15-11(12(13)14)10-6-4-3-5-7-10/h3-7,11H,9H2,1H3/t11-/m1/s1. The normalized spacial score (nSPS) is 19.9. The molecule has 0 spiro atoms. The number of amides is 1. The van der Waals surface area contributed by atoms with E-state index in [9.17, 15) is 4.79 Å². The van der Waals surface area contributed by atoms with Crippen LogP contribution in [0.4, 0.5) is 0 Å². The molecule has 1 fully saturated rings. The van der Waals surface area contributed by atoms with Crippen LogP contribution in [-0.4, -0.2) is 17.5 Å². The van der Waals surface area contributed by atoms with Crippen LogP contribution in [0.25, 0.3) is 0 Å². The lowest BCUT2D eigenvalue weighted by atomic mass is 10.1. The van der Waals surface area contributed by atoms with Crippen molar-refractivity contribution in [2.75, 3.05) is 6.73 Å². The van der Waals surface area contributed by atoms with Crippen LogP contribution in [0.5, 0.6) is 0 Å². The Labute approximate surface area is 88.6 Å². The number of carbonyl (C=O) groups is 1. The Morgan fingerprint density at radius 2 is 2.13 bits per heavy atom. The summed E-state index contributed by atoms with van der Waals surface area (Å²) in [5.41, 5.74) is 0.878. The number of rotatable bonds is 1. The van der Waals surface area contributed by atoms with E-state index in [0.29, 0.717) is 0 Å². The molecule has 1 amide bonds. The molecule has 3 heteroatoms. The van der Waals surface area contributed by atoms with E-state index in [1.807, 2.05) is 30.3 Å². The first-order valence-corrected chi connectivity index (χ1v) is 4.73. The second kappa shape index (κ2) is 4.16. The molecule has 0 aliphatic carbocycles. The molecule has 0 aromatic heterocycles. The maximum Gasteiger partial charge on any atom is 0.269 e. The molecule has 1 aliphatic heterocycles. The van der Waals surface area contributed by atoms with Crippen molar-refractivity contribution in [3.63, 3.8) is 0 Å². The maximum absolute atomic E-state index is 11.8. The van der Waals surface area contributed by atoms with Gasteiger partial charge in [-0.05, 0) is 12.5 Å². The van der Waals surface area contributed by atoms with Crippen LogP contribution in [-0.2, 0) is 9.53 Å². The van der Waals surface area contributed by atoms with Gasteiger partial charge >= 0.3 is 0 Å². The molecule has 0 saturated carbocycles. The van der Waals surface area contributed by atoms with Crippen molar-refractivity contribution >= 4 is 5.91 Å². The summed E-state index contributed by atoms with van der Waals surface area (Å²) in [6.45, 7) is 1.95. The summed E-state index contributed by atoms with van der Waals surface area (Å²) < 4.78 is 5.39. The molecule has 1 aromatic carbocycles. The zero-order valence-corrected chi connectivity index (χ0v) is 8.43. The Balaban J connectivity index is 2.20. The number of benzene rings is 1. The van der Waals surface area contributed by atoms with Gasteiger partial charge in [0.15, 0.2) is 6.10 Å². The van der Waals surface area contributed by atoms with Crippen LogP contribution >= 0.6 is 0 Å². The predicted molar refractivity (Wildman–Crippen MR) is 55.4 cm³/mol. The lowest BCUT2D eigenvalue weighted by Crippen LogP contribution is -2.21. The Bertz CT molecular complexity index is 416. The van der Waals surface area contributed by atoms with Gasteiger partial charge in [0.25, 0.3) is 5.91 Å². The van der Waals surface area contributed by atoms with Gasteiger partial charge in [-0.1, -0.05) is 36.3 Å². The summed E-state index contributed by atoms with van der Waals surface area (Å²) in [7, 11) is 0. The van der Waals surface area contributed by atoms with E-state index in [0.717, 1.165) is 5.56 Å². The minimum absolute atomic E-state index is 0.0875. The summed E-state index contributed by atoms with van der Waals surface area (Å²) in [5.74, 6) is 2.60. The van der Waals surface area contributed by atoms with Crippen molar-refractivity contribution in [3.05, 3.63) is 35.9 Å². The molecule has 1 aromatic rings. The second-order valence-electron chi connectivity index (χ2n) is 3.21. The van der Waals surface area contributed by atoms with Crippen LogP contribution < -0.4 is 0 Å². The molecule has 0 bridgehead atoms. The molecule has 1 saturated heterocycles. The van der Waals surface area contributed by atoms with Gasteiger partial charge in [0.05, 0.1) is 0 Å². The van der Waals surface area contributed by atoms with Crippen LogP contribution in [0.3, 0.4) is 0 Å². The minimum Gasteiger partial charge on any atom is -0.342 e. The molecule has 1 aliphatic rings. The van der Waals surface area contributed by atoms with Crippen LogP contribution in [0, 0.1) is 12.0 Å². The van der Waals surface area contributed by atoms with Crippen molar-refractivity contribution in [1.82, 2.24) is 4.90 Å². The van der Waals surface area contributed by atoms with E-state index in [4.69, 9.17) is 4.74 Å². The van der Waals surface area contributed by atoms with Crippen LogP contribution in [0.2, 0.25) is 0 Å². The SMILES string of the molecule is CC#CN1CO[C@H](c2ccccc2)C1=O. The fourth-order valence-corrected chi connectivity index (χ4v) is 1.51. The molecule has 3 nitrogen and oxygen atoms in total. The molecule has 76 valence electrons. The first kappa shape index (κ1) is 9.75. The molecular weight excluding hydrogens is 190 g/mol. The van der Waals surface area contributed by atoms with Crippen molar-refractivity contribution in [2.45, 2.75) is 13.0 Å². The number of hydrogen-bond acceptors (Lipinski definition) is 2. The van der Waals surface area contributed by atoms with Gasteiger partial charge in [-0.15, -0.1) is 0 Å². The van der Waals surface area contributed by atoms with Crippen molar-refractivity contribution < 1.29 is 9.53 Å². The topological polar surface area (TPSA) is 29.5 Å². The van der Waals surface area contributed by atoms with Crippen LogP contribution in [0.1, 0.15) is 18.6 Å². The van der Waals surface area contributed by atoms with E-state index in [2.05, 4.69) is 12.0 Å². The zero-order valence-electron chi connectivity index (χ0n) is 8.43. The predicted octanol–water partition coefficient (Wildman–Crippen LogP) is 1.52. The molecule has 2 rings (SSSR count). The summed E-state index contributed by atoms with van der Waals surface area (Å²) in [5, 5.41) is 0. The Morgan fingerprint density at radius 3 is 2.80 bits per heavy atom. The lowest BCUT2D eigenvalue weighted by molar-refractivity contribution is -0.128. The lowest BCUT2D eigenvalue weighted by Gasteiger charge is -2.06. The molecule has 1 heterocycles. The number of carbonyl (C=O) groups excluding carboxylic acids is 1. The smallest absolute Gasteiger partial charge is 0.269 e. The van der Waals surface area contributed by atoms with E-state index in [1.54, 1.807) is 6.92 Å². The van der Waals surface area contributed by atoms with E-state index in [-0.39, 0.29) is 12.6 Å². The van der Waals surface area contributed by atoms with Gasteiger partial charge in [0, 0.05) is 6.04 Å². The maximum atomic E-state index is 11.8. The Morgan fingerprint density at radius 1 is 1.40 bits per heavy atom. The quantitative estimate of drug-likeness (QED) is 0.645. The largest absolute Gasteiger partial charge is 0.342 e. The zero-order chi connectivity index (χ0) is 10.7. The van der Waals surface area contributed by atoms with Gasteiger partial charge in [0.1, 0.15) is 6.73 Å². The highest BCUT2D eigenvalue weighted by Crippen LogP contribution is 2.24. The third-order valence-electron chi connectivity index (χ3n) is 2.21. The average molecular weight is 201 g/mol. The van der Waals surface area contributed by atoms with E-state index >= 15 is 0 Å². The fourth-order valence-electron chi connectivity index (χ4n) is 1.51. The molecule has 0 radical (unpaired) electrons. The molecule has 15 heavy (non-hydrogen) atoms. The van der Waals surface area contributed by atoms with E-state index < -0.39 is 6.10 Å². The summed E-state index contributed by atoms with van der Waals surface area (Å²) in [6.07, 6.45) is -0.493. The highest BCUT2D eigenvalue weighted by molar-refractivity contribution is 5.85. The summed E-state index contributed by atoms with van der Waals surface area (Å²) >= 11 is 0. The van der Waals surface area contributed by atoms with Gasteiger partial charge in [-0.2, -0.15) is 0 Å². The molecule has 0 unspecified atom stereocenters. The van der Waals surface area contributed by atoms with Crippen LogP contribution in [0.15, 0.2) is 30.3 Å². The average Bonchev–Trinajstić information content (AvgIpc) is 2.63. The third-order valence-corrected chi connectivity index (χ3v) is 2.21. The van der Waals surface area contributed by atoms with Gasteiger partial charge in [-0.3, -0.25) is 4.79 Å². The number of nitrogens with zero attached hydrogens (tertiary/aromatic N) is 1. The monoisotopic (exact) mass is 201 g/mol. The number of hydrogen-bond donors (Lipinski definition) is 0. The van der Waals surface area contributed by atoms with Crippen molar-refractivity contribution in [1.29, 1.82) is 0 Å². The van der Waals surface area contributed by atoms with E-state index in [1.165, 1.54) is 4.90 Å². The molecule has 1 atom stereocenters. The second-order valence-corrected chi connectivity index (χ2v) is 3.21. The minimum atomic E-state index is -0.493. The first-order chi connectivity index (χ1) is 7.33. The molecular formula is C12H11NO2. The third kappa shape index (κ3) is 1.85.